The number of pyridine rings is 1. The summed E-state index contributed by atoms with van der Waals surface area (Å²) in [7, 11) is 2.91. The standard InChI is InChI=1S/C30H24F2N4O6/c1-16-12-17(31)4-6-21(16)36-15-25(39-3)27(35-36)30(37)34-18-5-7-22(19(32)13-18)42-23-8-9-33-20-14-24(38-2)28-29(26(20)23)41-11-10-40-28/h4-9,12-15H,10-11H2,1-3H3,(H,34,37). The van der Waals surface area contributed by atoms with Gasteiger partial charge in [0.25, 0.3) is 5.91 Å². The number of aryl methyl sites for hydroxylation is 1. The fourth-order valence-corrected chi connectivity index (χ4v) is 4.64. The first-order chi connectivity index (χ1) is 20.4. The minimum absolute atomic E-state index is 0.0346. The number of hydrogen-bond donors (Lipinski definition) is 1. The van der Waals surface area contributed by atoms with Crippen molar-refractivity contribution >= 4 is 22.5 Å². The summed E-state index contributed by atoms with van der Waals surface area (Å²) in [6.07, 6.45) is 3.04. The molecule has 214 valence electrons. The zero-order valence-corrected chi connectivity index (χ0v) is 22.7. The van der Waals surface area contributed by atoms with E-state index in [4.69, 9.17) is 23.7 Å². The largest absolute Gasteiger partial charge is 0.493 e. The molecule has 6 rings (SSSR count). The van der Waals surface area contributed by atoms with E-state index in [0.717, 1.165) is 6.07 Å². The quantitative estimate of drug-likeness (QED) is 0.259. The van der Waals surface area contributed by atoms with Gasteiger partial charge in [0.2, 0.25) is 5.75 Å². The van der Waals surface area contributed by atoms with Crippen LogP contribution in [0.1, 0.15) is 16.1 Å². The van der Waals surface area contributed by atoms with Gasteiger partial charge in [0, 0.05) is 24.0 Å². The molecule has 2 aromatic heterocycles. The summed E-state index contributed by atoms with van der Waals surface area (Å²) in [6, 6.07) is 11.5. The van der Waals surface area contributed by atoms with Crippen molar-refractivity contribution in [3.8, 4) is 40.2 Å². The highest BCUT2D eigenvalue weighted by molar-refractivity contribution is 6.04. The summed E-state index contributed by atoms with van der Waals surface area (Å²) in [5.41, 5.74) is 1.83. The minimum Gasteiger partial charge on any atom is -0.493 e. The second kappa shape index (κ2) is 10.9. The molecule has 0 aliphatic carbocycles. The van der Waals surface area contributed by atoms with Crippen LogP contribution < -0.4 is 29.0 Å². The molecule has 0 fully saturated rings. The third-order valence-corrected chi connectivity index (χ3v) is 6.59. The van der Waals surface area contributed by atoms with E-state index in [2.05, 4.69) is 15.4 Å². The van der Waals surface area contributed by atoms with E-state index < -0.39 is 11.7 Å². The lowest BCUT2D eigenvalue weighted by atomic mass is 10.1. The third kappa shape index (κ3) is 4.87. The fourth-order valence-electron chi connectivity index (χ4n) is 4.64. The molecule has 0 spiro atoms. The lowest BCUT2D eigenvalue weighted by Crippen LogP contribution is -2.16. The van der Waals surface area contributed by atoms with Crippen LogP contribution in [0.15, 0.2) is 60.9 Å². The number of carbonyl (C=O) groups is 1. The Kier molecular flexibility index (Phi) is 6.95. The maximum absolute atomic E-state index is 15.3. The van der Waals surface area contributed by atoms with E-state index in [-0.39, 0.29) is 28.7 Å². The van der Waals surface area contributed by atoms with Gasteiger partial charge in [-0.05, 0) is 48.9 Å². The number of anilines is 1. The molecule has 12 heteroatoms. The molecule has 0 bridgehead atoms. The molecule has 1 amide bonds. The Morgan fingerprint density at radius 3 is 2.45 bits per heavy atom. The first-order valence-corrected chi connectivity index (χ1v) is 12.8. The van der Waals surface area contributed by atoms with Crippen molar-refractivity contribution < 1.29 is 37.3 Å². The summed E-state index contributed by atoms with van der Waals surface area (Å²) in [5, 5.41) is 7.44. The van der Waals surface area contributed by atoms with E-state index >= 15 is 4.39 Å². The predicted molar refractivity (Wildman–Crippen MR) is 149 cm³/mol. The van der Waals surface area contributed by atoms with E-state index in [1.165, 1.54) is 55.6 Å². The molecular formula is C30H24F2N4O6. The molecule has 0 unspecified atom stereocenters. The highest BCUT2D eigenvalue weighted by Crippen LogP contribution is 2.48. The number of hydrogen-bond acceptors (Lipinski definition) is 8. The average molecular weight is 575 g/mol. The number of methoxy groups -OCH3 is 2. The lowest BCUT2D eigenvalue weighted by molar-refractivity contribution is 0.101. The summed E-state index contributed by atoms with van der Waals surface area (Å²) >= 11 is 0. The van der Waals surface area contributed by atoms with Gasteiger partial charge in [-0.25, -0.2) is 13.5 Å². The van der Waals surface area contributed by atoms with E-state index in [9.17, 15) is 9.18 Å². The zero-order valence-electron chi connectivity index (χ0n) is 22.7. The number of benzene rings is 3. The number of halogens is 2. The van der Waals surface area contributed by atoms with Crippen molar-refractivity contribution in [1.29, 1.82) is 0 Å². The summed E-state index contributed by atoms with van der Waals surface area (Å²) in [4.78, 5) is 17.4. The smallest absolute Gasteiger partial charge is 0.280 e. The number of carbonyl (C=O) groups excluding carboxylic acids is 1. The van der Waals surface area contributed by atoms with Crippen LogP contribution in [0.4, 0.5) is 14.5 Å². The summed E-state index contributed by atoms with van der Waals surface area (Å²) in [5.74, 6) is -0.0705. The summed E-state index contributed by atoms with van der Waals surface area (Å²) in [6.45, 7) is 2.39. The van der Waals surface area contributed by atoms with Gasteiger partial charge in [0.05, 0.1) is 37.0 Å². The van der Waals surface area contributed by atoms with Crippen molar-refractivity contribution in [3.05, 3.63) is 83.8 Å². The van der Waals surface area contributed by atoms with Crippen LogP contribution >= 0.6 is 0 Å². The molecule has 3 heterocycles. The van der Waals surface area contributed by atoms with Gasteiger partial charge in [0.1, 0.15) is 24.8 Å². The molecular weight excluding hydrogens is 550 g/mol. The maximum atomic E-state index is 15.3. The number of nitrogens with one attached hydrogen (secondary N) is 1. The first-order valence-electron chi connectivity index (χ1n) is 12.8. The van der Waals surface area contributed by atoms with E-state index in [1.54, 1.807) is 25.1 Å². The average Bonchev–Trinajstić information content (AvgIpc) is 3.42. The molecule has 0 radical (unpaired) electrons. The molecule has 1 aliphatic rings. The normalized spacial score (nSPS) is 12.2. The van der Waals surface area contributed by atoms with Crippen LogP contribution in [-0.2, 0) is 0 Å². The van der Waals surface area contributed by atoms with Crippen LogP contribution in [0.25, 0.3) is 16.6 Å². The summed E-state index contributed by atoms with van der Waals surface area (Å²) < 4.78 is 58.5. The number of fused-ring (bicyclic) bond motifs is 3. The SMILES string of the molecule is COc1cn(-c2ccc(F)cc2C)nc1C(=O)Nc1ccc(Oc2ccnc3cc(OC)c4c(c23)OCCO4)c(F)c1. The molecule has 1 N–H and O–H groups in total. The van der Waals surface area contributed by atoms with E-state index in [0.29, 0.717) is 58.4 Å². The first kappa shape index (κ1) is 26.8. The molecule has 3 aromatic carbocycles. The lowest BCUT2D eigenvalue weighted by Gasteiger charge is -2.23. The number of rotatable bonds is 7. The van der Waals surface area contributed by atoms with Crippen molar-refractivity contribution in [2.45, 2.75) is 6.92 Å². The number of aromatic nitrogens is 3. The molecule has 0 atom stereocenters. The molecule has 42 heavy (non-hydrogen) atoms. The molecule has 0 saturated carbocycles. The van der Waals surface area contributed by atoms with Gasteiger partial charge in [0.15, 0.2) is 34.5 Å². The second-order valence-corrected chi connectivity index (χ2v) is 9.26. The Morgan fingerprint density at radius 1 is 0.929 bits per heavy atom. The number of ether oxygens (including phenoxy) is 5. The second-order valence-electron chi connectivity index (χ2n) is 9.26. The van der Waals surface area contributed by atoms with Crippen LogP contribution in [0, 0.1) is 18.6 Å². The van der Waals surface area contributed by atoms with Crippen LogP contribution in [-0.4, -0.2) is 48.1 Å². The Hall–Kier alpha value is -5.39. The topological polar surface area (TPSA) is 106 Å². The van der Waals surface area contributed by atoms with Gasteiger partial charge in [-0.3, -0.25) is 9.78 Å². The monoisotopic (exact) mass is 574 g/mol. The Morgan fingerprint density at radius 2 is 1.71 bits per heavy atom. The van der Waals surface area contributed by atoms with Crippen molar-refractivity contribution in [2.24, 2.45) is 0 Å². The van der Waals surface area contributed by atoms with Crippen molar-refractivity contribution in [1.82, 2.24) is 14.8 Å². The van der Waals surface area contributed by atoms with Gasteiger partial charge in [-0.15, -0.1) is 0 Å². The van der Waals surface area contributed by atoms with Gasteiger partial charge in [-0.2, -0.15) is 5.10 Å². The highest BCUT2D eigenvalue weighted by atomic mass is 19.1. The van der Waals surface area contributed by atoms with Crippen LogP contribution in [0.2, 0.25) is 0 Å². The molecule has 0 saturated heterocycles. The molecule has 5 aromatic rings. The number of nitrogens with zero attached hydrogens (tertiary/aromatic N) is 3. The Labute approximate surface area is 238 Å². The molecule has 1 aliphatic heterocycles. The van der Waals surface area contributed by atoms with Crippen LogP contribution in [0.3, 0.4) is 0 Å². The van der Waals surface area contributed by atoms with E-state index in [1.807, 2.05) is 0 Å². The zero-order chi connectivity index (χ0) is 29.4. The van der Waals surface area contributed by atoms with Crippen LogP contribution in [0.5, 0.6) is 34.5 Å². The van der Waals surface area contributed by atoms with Gasteiger partial charge >= 0.3 is 0 Å². The number of amides is 1. The Balaban J connectivity index is 1.26. The van der Waals surface area contributed by atoms with Gasteiger partial charge < -0.3 is 29.0 Å². The highest BCUT2D eigenvalue weighted by Gasteiger charge is 2.25. The maximum Gasteiger partial charge on any atom is 0.280 e. The van der Waals surface area contributed by atoms with Crippen molar-refractivity contribution in [3.63, 3.8) is 0 Å². The fraction of sp³-hybridized carbons (Fsp3) is 0.167. The minimum atomic E-state index is -0.725. The molecule has 10 nitrogen and oxygen atoms in total. The predicted octanol–water partition coefficient (Wildman–Crippen LogP) is 5.84. The third-order valence-electron chi connectivity index (χ3n) is 6.59. The van der Waals surface area contributed by atoms with Gasteiger partial charge in [-0.1, -0.05) is 0 Å². The van der Waals surface area contributed by atoms with Crippen molar-refractivity contribution in [2.75, 3.05) is 32.8 Å². The Bertz CT molecular complexity index is 1840.